The number of ether oxygens (including phenoxy) is 1. The van der Waals surface area contributed by atoms with E-state index in [2.05, 4.69) is 0 Å². The number of fused-ring (bicyclic) bond motifs is 1. The molecule has 4 heteroatoms. The number of halogens is 2. The highest BCUT2D eigenvalue weighted by Gasteiger charge is 2.09. The van der Waals surface area contributed by atoms with Gasteiger partial charge in [0.1, 0.15) is 17.4 Å². The maximum absolute atomic E-state index is 13.7. The lowest BCUT2D eigenvalue weighted by molar-refractivity contribution is 0.420. The summed E-state index contributed by atoms with van der Waals surface area (Å²) in [4.78, 5) is 0. The van der Waals surface area contributed by atoms with Gasteiger partial charge in [0.2, 0.25) is 0 Å². The van der Waals surface area contributed by atoms with Crippen molar-refractivity contribution in [2.75, 3.05) is 7.11 Å². The number of aromatic nitrogens is 1. The number of methoxy groups -OCH3 is 1. The zero-order valence-corrected chi connectivity index (χ0v) is 10.9. The number of nitrogens with zero attached hydrogens (tertiary/aromatic N) is 1. The molecule has 0 aliphatic carbocycles. The van der Waals surface area contributed by atoms with Crippen molar-refractivity contribution >= 4 is 10.9 Å². The minimum absolute atomic E-state index is 0.350. The van der Waals surface area contributed by atoms with Crippen LogP contribution in [0.15, 0.2) is 48.7 Å². The Hall–Kier alpha value is -2.36. The lowest BCUT2D eigenvalue weighted by Gasteiger charge is -2.08. The van der Waals surface area contributed by atoms with Crippen LogP contribution in [0.2, 0.25) is 0 Å². The third-order valence-corrected chi connectivity index (χ3v) is 3.35. The molecule has 0 amide bonds. The van der Waals surface area contributed by atoms with Crippen LogP contribution in [0.4, 0.5) is 8.78 Å². The molecule has 20 heavy (non-hydrogen) atoms. The molecule has 102 valence electrons. The standard InChI is InChI=1S/C16H13F2NO/c1-20-16-4-2-3-15-13(16)7-8-19(15)10-11-5-6-12(17)9-14(11)18/h2-9H,10H2,1H3. The molecule has 0 radical (unpaired) electrons. The average Bonchev–Trinajstić information content (AvgIpc) is 2.85. The summed E-state index contributed by atoms with van der Waals surface area (Å²) in [5.41, 5.74) is 1.40. The summed E-state index contributed by atoms with van der Waals surface area (Å²) < 4.78 is 33.8. The largest absolute Gasteiger partial charge is 0.496 e. The predicted molar refractivity (Wildman–Crippen MR) is 74.0 cm³/mol. The molecule has 1 aromatic heterocycles. The van der Waals surface area contributed by atoms with Crippen molar-refractivity contribution in [2.45, 2.75) is 6.54 Å². The van der Waals surface area contributed by atoms with E-state index in [1.807, 2.05) is 35.0 Å². The minimum Gasteiger partial charge on any atom is -0.496 e. The van der Waals surface area contributed by atoms with Crippen LogP contribution >= 0.6 is 0 Å². The van der Waals surface area contributed by atoms with E-state index in [9.17, 15) is 8.78 Å². The maximum Gasteiger partial charge on any atom is 0.131 e. The van der Waals surface area contributed by atoms with E-state index < -0.39 is 11.6 Å². The SMILES string of the molecule is COc1cccc2c1ccn2Cc1ccc(F)cc1F. The van der Waals surface area contributed by atoms with Crippen LogP contribution in [0.5, 0.6) is 5.75 Å². The molecule has 0 N–H and O–H groups in total. The van der Waals surface area contributed by atoms with Gasteiger partial charge < -0.3 is 9.30 Å². The van der Waals surface area contributed by atoms with E-state index in [0.29, 0.717) is 12.1 Å². The fraction of sp³-hybridized carbons (Fsp3) is 0.125. The highest BCUT2D eigenvalue weighted by molar-refractivity contribution is 5.86. The van der Waals surface area contributed by atoms with E-state index in [4.69, 9.17) is 4.74 Å². The lowest BCUT2D eigenvalue weighted by Crippen LogP contribution is -2.01. The first-order valence-corrected chi connectivity index (χ1v) is 6.25. The van der Waals surface area contributed by atoms with Crippen LogP contribution in [0, 0.1) is 11.6 Å². The van der Waals surface area contributed by atoms with Crippen molar-refractivity contribution in [3.05, 3.63) is 65.9 Å². The zero-order valence-electron chi connectivity index (χ0n) is 10.9. The van der Waals surface area contributed by atoms with Gasteiger partial charge in [-0.2, -0.15) is 0 Å². The van der Waals surface area contributed by atoms with Crippen LogP contribution in [-0.2, 0) is 6.54 Å². The van der Waals surface area contributed by atoms with E-state index in [0.717, 1.165) is 22.7 Å². The molecule has 0 unspecified atom stereocenters. The molecule has 2 aromatic carbocycles. The molecule has 3 aromatic rings. The molecule has 0 bridgehead atoms. The normalized spacial score (nSPS) is 10.9. The average molecular weight is 273 g/mol. The highest BCUT2D eigenvalue weighted by Crippen LogP contribution is 2.27. The second-order valence-corrected chi connectivity index (χ2v) is 4.57. The van der Waals surface area contributed by atoms with Gasteiger partial charge in [-0.15, -0.1) is 0 Å². The molecule has 0 spiro atoms. The molecule has 0 atom stereocenters. The second-order valence-electron chi connectivity index (χ2n) is 4.57. The van der Waals surface area contributed by atoms with Crippen LogP contribution in [0.3, 0.4) is 0 Å². The summed E-state index contributed by atoms with van der Waals surface area (Å²) in [5, 5.41) is 0.970. The van der Waals surface area contributed by atoms with Crippen LogP contribution < -0.4 is 4.74 Å². The van der Waals surface area contributed by atoms with Crippen LogP contribution in [0.1, 0.15) is 5.56 Å². The first kappa shape index (κ1) is 12.7. The van der Waals surface area contributed by atoms with Gasteiger partial charge in [0.25, 0.3) is 0 Å². The van der Waals surface area contributed by atoms with Gasteiger partial charge in [-0.1, -0.05) is 12.1 Å². The van der Waals surface area contributed by atoms with Crippen LogP contribution in [-0.4, -0.2) is 11.7 Å². The summed E-state index contributed by atoms with van der Waals surface area (Å²) >= 11 is 0. The van der Waals surface area contributed by atoms with Crippen molar-refractivity contribution in [2.24, 2.45) is 0 Å². The fourth-order valence-electron chi connectivity index (χ4n) is 2.34. The molecule has 2 nitrogen and oxygen atoms in total. The molecule has 0 fully saturated rings. The highest BCUT2D eigenvalue weighted by atomic mass is 19.1. The van der Waals surface area contributed by atoms with Gasteiger partial charge in [-0.25, -0.2) is 8.78 Å². The van der Waals surface area contributed by atoms with Crippen molar-refractivity contribution in [3.8, 4) is 5.75 Å². The number of hydrogen-bond donors (Lipinski definition) is 0. The Bertz CT molecular complexity index is 764. The van der Waals surface area contributed by atoms with Crippen molar-refractivity contribution in [3.63, 3.8) is 0 Å². The minimum atomic E-state index is -0.565. The summed E-state index contributed by atoms with van der Waals surface area (Å²) in [6.45, 7) is 0.350. The summed E-state index contributed by atoms with van der Waals surface area (Å²) in [6, 6.07) is 11.3. The van der Waals surface area contributed by atoms with Crippen molar-refractivity contribution in [1.29, 1.82) is 0 Å². The number of benzene rings is 2. The third kappa shape index (κ3) is 2.13. The van der Waals surface area contributed by atoms with E-state index in [1.54, 1.807) is 7.11 Å². The predicted octanol–water partition coefficient (Wildman–Crippen LogP) is 3.98. The summed E-state index contributed by atoms with van der Waals surface area (Å²) in [5.74, 6) is -0.319. The molecule has 3 rings (SSSR count). The van der Waals surface area contributed by atoms with Crippen LogP contribution in [0.25, 0.3) is 10.9 Å². The number of hydrogen-bond acceptors (Lipinski definition) is 1. The molecule has 0 aliphatic heterocycles. The zero-order chi connectivity index (χ0) is 14.1. The molecular weight excluding hydrogens is 260 g/mol. The number of rotatable bonds is 3. The topological polar surface area (TPSA) is 14.2 Å². The van der Waals surface area contributed by atoms with Gasteiger partial charge >= 0.3 is 0 Å². The van der Waals surface area contributed by atoms with E-state index >= 15 is 0 Å². The van der Waals surface area contributed by atoms with Gasteiger partial charge in [-0.3, -0.25) is 0 Å². The smallest absolute Gasteiger partial charge is 0.131 e. The Balaban J connectivity index is 2.03. The molecule has 1 heterocycles. The van der Waals surface area contributed by atoms with Gasteiger partial charge in [0.15, 0.2) is 0 Å². The first-order valence-electron chi connectivity index (χ1n) is 6.25. The Labute approximate surface area is 115 Å². The lowest BCUT2D eigenvalue weighted by atomic mass is 10.2. The molecule has 0 saturated heterocycles. The second kappa shape index (κ2) is 4.96. The Morgan fingerprint density at radius 1 is 1.10 bits per heavy atom. The van der Waals surface area contributed by atoms with E-state index in [-0.39, 0.29) is 0 Å². The first-order chi connectivity index (χ1) is 9.69. The quantitative estimate of drug-likeness (QED) is 0.704. The Morgan fingerprint density at radius 2 is 1.95 bits per heavy atom. The van der Waals surface area contributed by atoms with Crippen molar-refractivity contribution in [1.82, 2.24) is 4.57 Å². The summed E-state index contributed by atoms with van der Waals surface area (Å²) in [7, 11) is 1.62. The molecule has 0 saturated carbocycles. The Morgan fingerprint density at radius 3 is 2.70 bits per heavy atom. The van der Waals surface area contributed by atoms with E-state index in [1.165, 1.54) is 12.1 Å². The third-order valence-electron chi connectivity index (χ3n) is 3.35. The fourth-order valence-corrected chi connectivity index (χ4v) is 2.34. The van der Waals surface area contributed by atoms with Gasteiger partial charge in [0.05, 0.1) is 19.2 Å². The maximum atomic E-state index is 13.7. The van der Waals surface area contributed by atoms with Gasteiger partial charge in [-0.05, 0) is 24.3 Å². The van der Waals surface area contributed by atoms with Gasteiger partial charge in [0, 0.05) is 23.2 Å². The summed E-state index contributed by atoms with van der Waals surface area (Å²) in [6.07, 6.45) is 1.87. The molecular formula is C16H13F2NO. The monoisotopic (exact) mass is 273 g/mol. The van der Waals surface area contributed by atoms with Crippen molar-refractivity contribution < 1.29 is 13.5 Å². The molecule has 0 aliphatic rings. The Kier molecular flexibility index (Phi) is 3.14.